The van der Waals surface area contributed by atoms with Gasteiger partial charge in [0.1, 0.15) is 5.75 Å². The van der Waals surface area contributed by atoms with Gasteiger partial charge < -0.3 is 14.0 Å². The molecule has 0 spiro atoms. The van der Waals surface area contributed by atoms with Crippen LogP contribution in [0.3, 0.4) is 0 Å². The SMILES string of the molecule is COc1cccc(Cn2cc(S(=O)(=O)N3CCOCC3)ccc2=O)c1. The second kappa shape index (κ2) is 7.38. The zero-order valence-electron chi connectivity index (χ0n) is 13.9. The van der Waals surface area contributed by atoms with Crippen molar-refractivity contribution in [3.63, 3.8) is 0 Å². The summed E-state index contributed by atoms with van der Waals surface area (Å²) >= 11 is 0. The first-order valence-corrected chi connectivity index (χ1v) is 9.36. The lowest BCUT2D eigenvalue weighted by molar-refractivity contribution is 0.0730. The summed E-state index contributed by atoms with van der Waals surface area (Å²) in [6.45, 7) is 1.66. The molecule has 0 atom stereocenters. The molecule has 1 aliphatic rings. The monoisotopic (exact) mass is 364 g/mol. The summed E-state index contributed by atoms with van der Waals surface area (Å²) in [6.07, 6.45) is 1.40. The van der Waals surface area contributed by atoms with Crippen LogP contribution < -0.4 is 10.3 Å². The third-order valence-corrected chi connectivity index (χ3v) is 5.93. The molecule has 25 heavy (non-hydrogen) atoms. The van der Waals surface area contributed by atoms with Crippen molar-refractivity contribution in [1.82, 2.24) is 8.87 Å². The summed E-state index contributed by atoms with van der Waals surface area (Å²) in [5, 5.41) is 0. The molecule has 1 fully saturated rings. The molecule has 0 bridgehead atoms. The maximum atomic E-state index is 12.7. The Labute approximate surface area is 146 Å². The second-order valence-electron chi connectivity index (χ2n) is 5.70. The van der Waals surface area contributed by atoms with E-state index in [9.17, 15) is 13.2 Å². The highest BCUT2D eigenvalue weighted by Crippen LogP contribution is 2.17. The molecule has 1 aliphatic heterocycles. The quantitative estimate of drug-likeness (QED) is 0.789. The number of ether oxygens (including phenoxy) is 2. The van der Waals surface area contributed by atoms with Crippen molar-refractivity contribution in [1.29, 1.82) is 0 Å². The Morgan fingerprint density at radius 1 is 1.16 bits per heavy atom. The van der Waals surface area contributed by atoms with Crippen LogP contribution >= 0.6 is 0 Å². The Morgan fingerprint density at radius 3 is 2.64 bits per heavy atom. The largest absolute Gasteiger partial charge is 0.497 e. The molecule has 1 aromatic heterocycles. The van der Waals surface area contributed by atoms with Crippen LogP contribution in [0.1, 0.15) is 5.56 Å². The van der Waals surface area contributed by atoms with Gasteiger partial charge in [0, 0.05) is 25.4 Å². The molecule has 0 saturated carbocycles. The summed E-state index contributed by atoms with van der Waals surface area (Å²) in [7, 11) is -2.07. The molecule has 1 aromatic carbocycles. The highest BCUT2D eigenvalue weighted by Gasteiger charge is 2.26. The van der Waals surface area contributed by atoms with E-state index in [4.69, 9.17) is 9.47 Å². The highest BCUT2D eigenvalue weighted by molar-refractivity contribution is 7.89. The molecule has 2 heterocycles. The third kappa shape index (κ3) is 3.92. The van der Waals surface area contributed by atoms with Crippen molar-refractivity contribution in [2.45, 2.75) is 11.4 Å². The van der Waals surface area contributed by atoms with Gasteiger partial charge in [-0.2, -0.15) is 4.31 Å². The number of hydrogen-bond donors (Lipinski definition) is 0. The molecule has 0 amide bonds. The summed E-state index contributed by atoms with van der Waals surface area (Å²) in [5.74, 6) is 0.683. The van der Waals surface area contributed by atoms with Crippen LogP contribution in [0.15, 0.2) is 52.3 Å². The Kier molecular flexibility index (Phi) is 5.22. The molecule has 134 valence electrons. The predicted molar refractivity (Wildman–Crippen MR) is 92.4 cm³/mol. The fourth-order valence-electron chi connectivity index (χ4n) is 2.69. The number of methoxy groups -OCH3 is 1. The first kappa shape index (κ1) is 17.7. The predicted octanol–water partition coefficient (Wildman–Crippen LogP) is 0.926. The van der Waals surface area contributed by atoms with E-state index in [0.29, 0.717) is 32.1 Å². The zero-order chi connectivity index (χ0) is 17.9. The van der Waals surface area contributed by atoms with Gasteiger partial charge in [-0.25, -0.2) is 8.42 Å². The second-order valence-corrected chi connectivity index (χ2v) is 7.64. The molecule has 2 aromatic rings. The van der Waals surface area contributed by atoms with Crippen LogP contribution in [-0.4, -0.2) is 50.7 Å². The van der Waals surface area contributed by atoms with Gasteiger partial charge in [-0.15, -0.1) is 0 Å². The average molecular weight is 364 g/mol. The van der Waals surface area contributed by atoms with Gasteiger partial charge in [-0.1, -0.05) is 12.1 Å². The fraction of sp³-hybridized carbons (Fsp3) is 0.353. The Morgan fingerprint density at radius 2 is 1.92 bits per heavy atom. The number of aromatic nitrogens is 1. The number of benzene rings is 1. The van der Waals surface area contributed by atoms with Crippen molar-refractivity contribution in [2.24, 2.45) is 0 Å². The van der Waals surface area contributed by atoms with Crippen molar-refractivity contribution in [3.8, 4) is 5.75 Å². The Bertz CT molecular complexity index is 901. The maximum Gasteiger partial charge on any atom is 0.250 e. The van der Waals surface area contributed by atoms with Gasteiger partial charge in [0.25, 0.3) is 5.56 Å². The topological polar surface area (TPSA) is 77.8 Å². The summed E-state index contributed by atoms with van der Waals surface area (Å²) in [6, 6.07) is 9.95. The molecule has 0 N–H and O–H groups in total. The van der Waals surface area contributed by atoms with Crippen molar-refractivity contribution in [2.75, 3.05) is 33.4 Å². The molecule has 0 unspecified atom stereocenters. The number of rotatable bonds is 5. The smallest absolute Gasteiger partial charge is 0.250 e. The van der Waals surface area contributed by atoms with E-state index in [0.717, 1.165) is 5.56 Å². The van der Waals surface area contributed by atoms with Crippen LogP contribution in [0.25, 0.3) is 0 Å². The third-order valence-electron chi connectivity index (χ3n) is 4.05. The van der Waals surface area contributed by atoms with E-state index in [-0.39, 0.29) is 17.0 Å². The minimum Gasteiger partial charge on any atom is -0.497 e. The van der Waals surface area contributed by atoms with Crippen LogP contribution in [0.2, 0.25) is 0 Å². The van der Waals surface area contributed by atoms with Crippen molar-refractivity contribution in [3.05, 3.63) is 58.5 Å². The van der Waals surface area contributed by atoms with E-state index < -0.39 is 10.0 Å². The molecule has 3 rings (SSSR count). The Balaban J connectivity index is 1.91. The maximum absolute atomic E-state index is 12.7. The van der Waals surface area contributed by atoms with Crippen molar-refractivity contribution < 1.29 is 17.9 Å². The van der Waals surface area contributed by atoms with Gasteiger partial charge in [0.15, 0.2) is 0 Å². The first-order valence-electron chi connectivity index (χ1n) is 7.92. The summed E-state index contributed by atoms with van der Waals surface area (Å²) < 4.78 is 38.6. The van der Waals surface area contributed by atoms with E-state index in [1.807, 2.05) is 24.3 Å². The number of nitrogens with zero attached hydrogens (tertiary/aromatic N) is 2. The number of sulfonamides is 1. The van der Waals surface area contributed by atoms with Gasteiger partial charge in [0.05, 0.1) is 31.8 Å². The molecule has 1 saturated heterocycles. The highest BCUT2D eigenvalue weighted by atomic mass is 32.2. The number of morpholine rings is 1. The van der Waals surface area contributed by atoms with Gasteiger partial charge >= 0.3 is 0 Å². The van der Waals surface area contributed by atoms with E-state index in [1.54, 1.807) is 7.11 Å². The molecule has 8 heteroatoms. The van der Waals surface area contributed by atoms with E-state index in [1.165, 1.54) is 27.2 Å². The standard InChI is InChI=1S/C17H20N2O5S/c1-23-15-4-2-3-14(11-15)12-18-13-16(5-6-17(18)20)25(21,22)19-7-9-24-10-8-19/h2-6,11,13H,7-10,12H2,1H3. The lowest BCUT2D eigenvalue weighted by atomic mass is 10.2. The van der Waals surface area contributed by atoms with Crippen LogP contribution in [0.4, 0.5) is 0 Å². The lowest BCUT2D eigenvalue weighted by Gasteiger charge is -2.26. The van der Waals surface area contributed by atoms with E-state index >= 15 is 0 Å². The molecular weight excluding hydrogens is 344 g/mol. The van der Waals surface area contributed by atoms with E-state index in [2.05, 4.69) is 0 Å². The Hall–Kier alpha value is -2.16. The van der Waals surface area contributed by atoms with Crippen molar-refractivity contribution >= 4 is 10.0 Å². The molecule has 0 radical (unpaired) electrons. The molecule has 0 aliphatic carbocycles. The fourth-order valence-corrected chi connectivity index (χ4v) is 4.12. The number of pyridine rings is 1. The van der Waals surface area contributed by atoms with Gasteiger partial charge in [-0.3, -0.25) is 4.79 Å². The normalized spacial score (nSPS) is 15.9. The van der Waals surface area contributed by atoms with Gasteiger partial charge in [0.2, 0.25) is 10.0 Å². The van der Waals surface area contributed by atoms with Crippen LogP contribution in [0, 0.1) is 0 Å². The minimum absolute atomic E-state index is 0.108. The molecular formula is C17H20N2O5S. The summed E-state index contributed by atoms with van der Waals surface area (Å²) in [5.41, 5.74) is 0.589. The van der Waals surface area contributed by atoms with Crippen LogP contribution in [0.5, 0.6) is 5.75 Å². The zero-order valence-corrected chi connectivity index (χ0v) is 14.7. The average Bonchev–Trinajstić information content (AvgIpc) is 2.64. The summed E-state index contributed by atoms with van der Waals surface area (Å²) in [4.78, 5) is 12.2. The van der Waals surface area contributed by atoms with Gasteiger partial charge in [-0.05, 0) is 23.8 Å². The number of hydrogen-bond acceptors (Lipinski definition) is 5. The van der Waals surface area contributed by atoms with Crippen LogP contribution in [-0.2, 0) is 21.3 Å². The molecule has 7 nitrogen and oxygen atoms in total. The first-order chi connectivity index (χ1) is 12.0. The lowest BCUT2D eigenvalue weighted by Crippen LogP contribution is -2.41. The minimum atomic E-state index is -3.64.